The normalized spacial score (nSPS) is 12.5. The predicted molar refractivity (Wildman–Crippen MR) is 74.6 cm³/mol. The van der Waals surface area contributed by atoms with Crippen LogP contribution in [-0.2, 0) is 17.6 Å². The van der Waals surface area contributed by atoms with E-state index >= 15 is 0 Å². The lowest BCUT2D eigenvalue weighted by Crippen LogP contribution is -2.32. The number of rotatable bonds is 7. The molecule has 0 aliphatic heterocycles. The molecule has 5 nitrogen and oxygen atoms in total. The summed E-state index contributed by atoms with van der Waals surface area (Å²) >= 11 is 0. The van der Waals surface area contributed by atoms with Crippen molar-refractivity contribution in [2.24, 2.45) is 5.73 Å². The van der Waals surface area contributed by atoms with Gasteiger partial charge >= 0.3 is 5.97 Å². The summed E-state index contributed by atoms with van der Waals surface area (Å²) in [6.45, 7) is 0.941. The largest absolute Gasteiger partial charge is 0.496 e. The number of carbonyl (C=O) groups is 1. The van der Waals surface area contributed by atoms with Gasteiger partial charge in [-0.15, -0.1) is 0 Å². The lowest BCUT2D eigenvalue weighted by molar-refractivity contribution is -0.138. The van der Waals surface area contributed by atoms with Crippen LogP contribution in [0.2, 0.25) is 0 Å². The van der Waals surface area contributed by atoms with Crippen LogP contribution >= 0.6 is 0 Å². The van der Waals surface area contributed by atoms with Crippen molar-refractivity contribution in [3.05, 3.63) is 29.3 Å². The number of ether oxygens (including phenoxy) is 1. The highest BCUT2D eigenvalue weighted by molar-refractivity contribution is 5.73. The van der Waals surface area contributed by atoms with E-state index in [1.54, 1.807) is 7.11 Å². The van der Waals surface area contributed by atoms with Crippen LogP contribution in [0.5, 0.6) is 5.75 Å². The van der Waals surface area contributed by atoms with E-state index in [0.717, 1.165) is 24.1 Å². The van der Waals surface area contributed by atoms with Crippen LogP contribution < -0.4 is 10.5 Å². The van der Waals surface area contributed by atoms with E-state index in [4.69, 9.17) is 15.6 Å². The Hall–Kier alpha value is -1.59. The second-order valence-corrected chi connectivity index (χ2v) is 4.85. The SMILES string of the molecule is COc1ccc(CCN(C)C)cc1CC(N)C(=O)O. The smallest absolute Gasteiger partial charge is 0.320 e. The fraction of sp³-hybridized carbons (Fsp3) is 0.500. The lowest BCUT2D eigenvalue weighted by Gasteiger charge is -2.14. The maximum atomic E-state index is 10.8. The minimum atomic E-state index is -0.999. The molecule has 0 fully saturated rings. The summed E-state index contributed by atoms with van der Waals surface area (Å²) in [5.74, 6) is -0.314. The van der Waals surface area contributed by atoms with Crippen molar-refractivity contribution in [2.45, 2.75) is 18.9 Å². The minimum absolute atomic E-state index is 0.272. The monoisotopic (exact) mass is 266 g/mol. The Labute approximate surface area is 114 Å². The summed E-state index contributed by atoms with van der Waals surface area (Å²) in [6.07, 6.45) is 1.18. The van der Waals surface area contributed by atoms with Gasteiger partial charge in [-0.1, -0.05) is 12.1 Å². The molecule has 3 N–H and O–H groups in total. The second-order valence-electron chi connectivity index (χ2n) is 4.85. The van der Waals surface area contributed by atoms with Crippen molar-refractivity contribution in [3.8, 4) is 5.75 Å². The lowest BCUT2D eigenvalue weighted by atomic mass is 10.0. The van der Waals surface area contributed by atoms with Crippen LogP contribution in [0.1, 0.15) is 11.1 Å². The van der Waals surface area contributed by atoms with Crippen LogP contribution in [0.4, 0.5) is 0 Å². The van der Waals surface area contributed by atoms with Gasteiger partial charge in [-0.05, 0) is 37.7 Å². The number of carboxylic acids is 1. The van der Waals surface area contributed by atoms with E-state index in [9.17, 15) is 4.79 Å². The molecule has 5 heteroatoms. The Bertz CT molecular complexity index is 433. The molecule has 0 saturated carbocycles. The van der Waals surface area contributed by atoms with Gasteiger partial charge in [0.15, 0.2) is 0 Å². The van der Waals surface area contributed by atoms with E-state index in [2.05, 4.69) is 4.90 Å². The van der Waals surface area contributed by atoms with Crippen molar-refractivity contribution in [2.75, 3.05) is 27.7 Å². The summed E-state index contributed by atoms with van der Waals surface area (Å²) in [5.41, 5.74) is 7.58. The maximum absolute atomic E-state index is 10.8. The van der Waals surface area contributed by atoms with E-state index in [0.29, 0.717) is 5.75 Å². The van der Waals surface area contributed by atoms with Gasteiger partial charge in [0, 0.05) is 13.0 Å². The van der Waals surface area contributed by atoms with Crippen LogP contribution in [-0.4, -0.2) is 49.8 Å². The highest BCUT2D eigenvalue weighted by Gasteiger charge is 2.15. The van der Waals surface area contributed by atoms with Gasteiger partial charge in [-0.3, -0.25) is 4.79 Å². The molecule has 0 saturated heterocycles. The Kier molecular flexibility index (Phi) is 5.79. The average molecular weight is 266 g/mol. The Balaban J connectivity index is 2.86. The predicted octanol–water partition coefficient (Wildman–Crippen LogP) is 0.754. The zero-order valence-corrected chi connectivity index (χ0v) is 11.7. The summed E-state index contributed by atoms with van der Waals surface area (Å²) in [6, 6.07) is 4.94. The Morgan fingerprint density at radius 1 is 1.47 bits per heavy atom. The highest BCUT2D eigenvalue weighted by atomic mass is 16.5. The number of benzene rings is 1. The molecule has 1 atom stereocenters. The second kappa shape index (κ2) is 7.11. The molecule has 1 unspecified atom stereocenters. The molecule has 1 aromatic rings. The Morgan fingerprint density at radius 3 is 2.68 bits per heavy atom. The molecule has 0 heterocycles. The van der Waals surface area contributed by atoms with E-state index in [1.165, 1.54) is 0 Å². The van der Waals surface area contributed by atoms with Gasteiger partial charge in [0.05, 0.1) is 7.11 Å². The number of nitrogens with zero attached hydrogens (tertiary/aromatic N) is 1. The first-order valence-electron chi connectivity index (χ1n) is 6.23. The van der Waals surface area contributed by atoms with Gasteiger partial charge < -0.3 is 20.5 Å². The van der Waals surface area contributed by atoms with Crippen LogP contribution in [0, 0.1) is 0 Å². The van der Waals surface area contributed by atoms with Crippen LogP contribution in [0.15, 0.2) is 18.2 Å². The van der Waals surface area contributed by atoms with Crippen molar-refractivity contribution in [3.63, 3.8) is 0 Å². The Morgan fingerprint density at radius 2 is 2.16 bits per heavy atom. The van der Waals surface area contributed by atoms with Crippen molar-refractivity contribution < 1.29 is 14.6 Å². The van der Waals surface area contributed by atoms with E-state index in [1.807, 2.05) is 32.3 Å². The van der Waals surface area contributed by atoms with Crippen LogP contribution in [0.3, 0.4) is 0 Å². The molecule has 0 bridgehead atoms. The highest BCUT2D eigenvalue weighted by Crippen LogP contribution is 2.21. The standard InChI is InChI=1S/C14H22N2O3/c1-16(2)7-6-10-4-5-13(19-3)11(8-10)9-12(15)14(17)18/h4-5,8,12H,6-7,9,15H2,1-3H3,(H,17,18). The topological polar surface area (TPSA) is 75.8 Å². The fourth-order valence-corrected chi connectivity index (χ4v) is 1.82. The third kappa shape index (κ3) is 4.89. The summed E-state index contributed by atoms with van der Waals surface area (Å²) in [4.78, 5) is 12.9. The molecule has 0 aromatic heterocycles. The summed E-state index contributed by atoms with van der Waals surface area (Å²) in [5, 5.41) is 8.88. The zero-order valence-electron chi connectivity index (χ0n) is 11.7. The van der Waals surface area contributed by atoms with Gasteiger partial charge in [-0.25, -0.2) is 0 Å². The summed E-state index contributed by atoms with van der Waals surface area (Å²) < 4.78 is 5.25. The molecule has 1 rings (SSSR count). The molecule has 0 aliphatic carbocycles. The average Bonchev–Trinajstić information content (AvgIpc) is 2.36. The van der Waals surface area contributed by atoms with Gasteiger partial charge in [-0.2, -0.15) is 0 Å². The zero-order chi connectivity index (χ0) is 14.4. The molecule has 1 aromatic carbocycles. The molecular formula is C14H22N2O3. The molecule has 0 amide bonds. The molecule has 19 heavy (non-hydrogen) atoms. The minimum Gasteiger partial charge on any atom is -0.496 e. The number of carboxylic acid groups (broad SMARTS) is 1. The first kappa shape index (κ1) is 15.5. The number of likely N-dealkylation sites (N-methyl/N-ethyl adjacent to an activating group) is 1. The van der Waals surface area contributed by atoms with Crippen molar-refractivity contribution in [1.29, 1.82) is 0 Å². The number of aliphatic carboxylic acids is 1. The first-order chi connectivity index (χ1) is 8.93. The molecule has 0 aliphatic rings. The van der Waals surface area contributed by atoms with Gasteiger partial charge in [0.1, 0.15) is 11.8 Å². The van der Waals surface area contributed by atoms with Gasteiger partial charge in [0.2, 0.25) is 0 Å². The number of nitrogens with two attached hydrogens (primary N) is 1. The van der Waals surface area contributed by atoms with E-state index < -0.39 is 12.0 Å². The van der Waals surface area contributed by atoms with E-state index in [-0.39, 0.29) is 6.42 Å². The van der Waals surface area contributed by atoms with Gasteiger partial charge in [0.25, 0.3) is 0 Å². The number of hydrogen-bond acceptors (Lipinski definition) is 4. The third-order valence-corrected chi connectivity index (χ3v) is 2.95. The van der Waals surface area contributed by atoms with Crippen molar-refractivity contribution >= 4 is 5.97 Å². The molecular weight excluding hydrogens is 244 g/mol. The van der Waals surface area contributed by atoms with Crippen LogP contribution in [0.25, 0.3) is 0 Å². The molecule has 0 spiro atoms. The van der Waals surface area contributed by atoms with Crippen molar-refractivity contribution in [1.82, 2.24) is 4.90 Å². The fourth-order valence-electron chi connectivity index (χ4n) is 1.82. The molecule has 106 valence electrons. The third-order valence-electron chi connectivity index (χ3n) is 2.95. The molecule has 0 radical (unpaired) electrons. The summed E-state index contributed by atoms with van der Waals surface area (Å²) in [7, 11) is 5.61. The quantitative estimate of drug-likeness (QED) is 0.762. The first-order valence-corrected chi connectivity index (χ1v) is 6.23. The number of methoxy groups -OCH3 is 1. The maximum Gasteiger partial charge on any atom is 0.320 e. The number of hydrogen-bond donors (Lipinski definition) is 2.